The summed E-state index contributed by atoms with van der Waals surface area (Å²) in [6, 6.07) is 5.07. The number of carboxylic acid groups (broad SMARTS) is 1. The molecule has 2 aliphatic heterocycles. The smallest absolute Gasteiger partial charge is 0.308 e. The topological polar surface area (TPSA) is 77.9 Å². The Hall–Kier alpha value is -2.44. The highest BCUT2D eigenvalue weighted by atomic mass is 19.1. The van der Waals surface area contributed by atoms with Crippen molar-refractivity contribution in [2.75, 3.05) is 19.6 Å². The second-order valence-electron chi connectivity index (χ2n) is 7.46. The summed E-state index contributed by atoms with van der Waals surface area (Å²) < 4.78 is 13.1. The van der Waals surface area contributed by atoms with Gasteiger partial charge in [0, 0.05) is 31.2 Å². The lowest BCUT2D eigenvalue weighted by molar-refractivity contribution is -0.151. The van der Waals surface area contributed by atoms with Gasteiger partial charge in [-0.15, -0.1) is 0 Å². The van der Waals surface area contributed by atoms with Gasteiger partial charge < -0.3 is 14.9 Å². The zero-order valence-corrected chi connectivity index (χ0v) is 15.4. The van der Waals surface area contributed by atoms with Crippen LogP contribution in [0.4, 0.5) is 4.39 Å². The van der Waals surface area contributed by atoms with E-state index in [1.54, 1.807) is 16.7 Å². The van der Waals surface area contributed by atoms with Gasteiger partial charge in [-0.05, 0) is 56.9 Å². The van der Waals surface area contributed by atoms with Gasteiger partial charge in [0.05, 0.1) is 11.8 Å². The van der Waals surface area contributed by atoms with E-state index in [1.807, 2.05) is 0 Å². The van der Waals surface area contributed by atoms with Crippen LogP contribution < -0.4 is 0 Å². The number of carbonyl (C=O) groups is 3. The highest BCUT2D eigenvalue weighted by Crippen LogP contribution is 2.28. The molecule has 0 spiro atoms. The molecule has 0 radical (unpaired) electrons. The van der Waals surface area contributed by atoms with Crippen LogP contribution in [-0.4, -0.2) is 58.4 Å². The number of carbonyl (C=O) groups excluding carboxylic acids is 2. The number of amides is 2. The van der Waals surface area contributed by atoms with Crippen LogP contribution in [-0.2, 0) is 9.59 Å². The van der Waals surface area contributed by atoms with Crippen LogP contribution >= 0.6 is 0 Å². The number of piperidine rings is 2. The molecule has 1 N–H and O–H groups in total. The van der Waals surface area contributed by atoms with Crippen molar-refractivity contribution in [3.8, 4) is 0 Å². The number of carboxylic acids is 1. The van der Waals surface area contributed by atoms with Crippen molar-refractivity contribution in [1.82, 2.24) is 9.80 Å². The van der Waals surface area contributed by atoms with Crippen molar-refractivity contribution in [3.63, 3.8) is 0 Å². The molecule has 146 valence electrons. The van der Waals surface area contributed by atoms with E-state index in [9.17, 15) is 23.9 Å². The van der Waals surface area contributed by atoms with Crippen LogP contribution in [0.25, 0.3) is 0 Å². The Labute approximate surface area is 157 Å². The number of hydrogen-bond acceptors (Lipinski definition) is 3. The maximum atomic E-state index is 13.1. The van der Waals surface area contributed by atoms with Crippen molar-refractivity contribution in [2.24, 2.45) is 11.8 Å². The Morgan fingerprint density at radius 3 is 2.41 bits per heavy atom. The number of halogens is 1. The molecule has 6 nitrogen and oxygen atoms in total. The van der Waals surface area contributed by atoms with E-state index in [1.165, 1.54) is 24.3 Å². The van der Waals surface area contributed by atoms with Crippen LogP contribution in [0, 0.1) is 17.7 Å². The molecule has 1 aromatic rings. The molecule has 2 fully saturated rings. The number of rotatable bonds is 3. The highest BCUT2D eigenvalue weighted by Gasteiger charge is 2.39. The van der Waals surface area contributed by atoms with Gasteiger partial charge in [0.25, 0.3) is 5.91 Å². The maximum Gasteiger partial charge on any atom is 0.308 e. The molecule has 0 saturated carbocycles. The third-order valence-corrected chi connectivity index (χ3v) is 5.74. The first-order chi connectivity index (χ1) is 12.9. The maximum absolute atomic E-state index is 13.1. The summed E-state index contributed by atoms with van der Waals surface area (Å²) in [7, 11) is 0. The third kappa shape index (κ3) is 4.12. The first kappa shape index (κ1) is 19.3. The number of nitrogens with zero attached hydrogens (tertiary/aromatic N) is 2. The molecule has 2 amide bonds. The summed E-state index contributed by atoms with van der Waals surface area (Å²) in [6.45, 7) is 3.23. The first-order valence-electron chi connectivity index (χ1n) is 9.46. The number of benzene rings is 1. The quantitative estimate of drug-likeness (QED) is 0.879. The van der Waals surface area contributed by atoms with Gasteiger partial charge in [-0.2, -0.15) is 0 Å². The number of hydrogen-bond donors (Lipinski definition) is 1. The molecule has 2 aliphatic rings. The normalized spacial score (nSPS) is 25.9. The molecule has 0 aliphatic carbocycles. The Kier molecular flexibility index (Phi) is 5.77. The highest BCUT2D eigenvalue weighted by molar-refractivity contribution is 5.94. The average Bonchev–Trinajstić information content (AvgIpc) is 2.67. The first-order valence-corrected chi connectivity index (χ1v) is 9.46. The van der Waals surface area contributed by atoms with Crippen molar-refractivity contribution in [2.45, 2.75) is 38.6 Å². The molecule has 0 bridgehead atoms. The lowest BCUT2D eigenvalue weighted by atomic mass is 9.88. The zero-order chi connectivity index (χ0) is 19.6. The molecule has 0 aromatic heterocycles. The Balaban J connectivity index is 1.68. The van der Waals surface area contributed by atoms with Crippen LogP contribution in [0.3, 0.4) is 0 Å². The van der Waals surface area contributed by atoms with E-state index in [4.69, 9.17) is 0 Å². The van der Waals surface area contributed by atoms with E-state index in [2.05, 4.69) is 0 Å². The van der Waals surface area contributed by atoms with Crippen LogP contribution in [0.2, 0.25) is 0 Å². The fourth-order valence-electron chi connectivity index (χ4n) is 4.16. The number of likely N-dealkylation sites (tertiary alicyclic amines) is 2. The van der Waals surface area contributed by atoms with Crippen molar-refractivity contribution in [3.05, 3.63) is 35.6 Å². The monoisotopic (exact) mass is 376 g/mol. The van der Waals surface area contributed by atoms with Gasteiger partial charge in [-0.3, -0.25) is 14.4 Å². The SMILES string of the molecule is C[C@@H]1[C@H](C(=O)O)CCCN1C(=O)C1CCCN(C(=O)c2ccc(F)cc2)C1. The van der Waals surface area contributed by atoms with Gasteiger partial charge in [0.15, 0.2) is 0 Å². The zero-order valence-electron chi connectivity index (χ0n) is 15.4. The van der Waals surface area contributed by atoms with Crippen molar-refractivity contribution < 1.29 is 23.9 Å². The standard InChI is InChI=1S/C20H25FN2O4/c1-13-17(20(26)27)5-3-11-23(13)19(25)15-4-2-10-22(12-15)18(24)14-6-8-16(21)9-7-14/h6-9,13,15,17H,2-5,10-12H2,1H3,(H,26,27)/t13-,15?,17-/m1/s1. The second-order valence-corrected chi connectivity index (χ2v) is 7.46. The Morgan fingerprint density at radius 2 is 1.74 bits per heavy atom. The molecular formula is C20H25FN2O4. The Morgan fingerprint density at radius 1 is 1.07 bits per heavy atom. The molecule has 1 unspecified atom stereocenters. The molecule has 2 saturated heterocycles. The van der Waals surface area contributed by atoms with E-state index in [0.717, 1.165) is 0 Å². The minimum atomic E-state index is -0.864. The van der Waals surface area contributed by atoms with Gasteiger partial charge in [-0.1, -0.05) is 0 Å². The third-order valence-electron chi connectivity index (χ3n) is 5.74. The predicted molar refractivity (Wildman–Crippen MR) is 96.6 cm³/mol. The summed E-state index contributed by atoms with van der Waals surface area (Å²) in [5.41, 5.74) is 0.404. The second kappa shape index (κ2) is 8.06. The lowest BCUT2D eigenvalue weighted by Crippen LogP contribution is -2.53. The predicted octanol–water partition coefficient (Wildman–Crippen LogP) is 2.39. The van der Waals surface area contributed by atoms with Gasteiger partial charge in [0.1, 0.15) is 5.82 Å². The van der Waals surface area contributed by atoms with Crippen molar-refractivity contribution >= 4 is 17.8 Å². The fourth-order valence-corrected chi connectivity index (χ4v) is 4.16. The lowest BCUT2D eigenvalue weighted by Gasteiger charge is -2.41. The molecule has 3 rings (SSSR count). The van der Waals surface area contributed by atoms with Gasteiger partial charge in [-0.25, -0.2) is 4.39 Å². The molecular weight excluding hydrogens is 351 g/mol. The fraction of sp³-hybridized carbons (Fsp3) is 0.550. The van der Waals surface area contributed by atoms with Crippen LogP contribution in [0.5, 0.6) is 0 Å². The largest absolute Gasteiger partial charge is 0.481 e. The van der Waals surface area contributed by atoms with Gasteiger partial charge in [0.2, 0.25) is 5.91 Å². The summed E-state index contributed by atoms with van der Waals surface area (Å²) in [5.74, 6) is -2.39. The van der Waals surface area contributed by atoms with E-state index in [-0.39, 0.29) is 23.8 Å². The van der Waals surface area contributed by atoms with E-state index in [0.29, 0.717) is 50.9 Å². The van der Waals surface area contributed by atoms with Crippen LogP contribution in [0.1, 0.15) is 43.0 Å². The summed E-state index contributed by atoms with van der Waals surface area (Å²) in [4.78, 5) is 40.4. The van der Waals surface area contributed by atoms with Gasteiger partial charge >= 0.3 is 5.97 Å². The molecule has 3 atom stereocenters. The summed E-state index contributed by atoms with van der Waals surface area (Å²) >= 11 is 0. The summed E-state index contributed by atoms with van der Waals surface area (Å²) in [5, 5.41) is 9.36. The molecule has 7 heteroatoms. The Bertz CT molecular complexity index is 721. The van der Waals surface area contributed by atoms with Crippen LogP contribution in [0.15, 0.2) is 24.3 Å². The van der Waals surface area contributed by atoms with E-state index < -0.39 is 17.7 Å². The number of aliphatic carboxylic acids is 1. The molecule has 1 aromatic carbocycles. The molecule has 2 heterocycles. The minimum Gasteiger partial charge on any atom is -0.481 e. The minimum absolute atomic E-state index is 0.0648. The summed E-state index contributed by atoms with van der Waals surface area (Å²) in [6.07, 6.45) is 2.67. The average molecular weight is 376 g/mol. The van der Waals surface area contributed by atoms with Crippen molar-refractivity contribution in [1.29, 1.82) is 0 Å². The molecule has 27 heavy (non-hydrogen) atoms. The van der Waals surface area contributed by atoms with E-state index >= 15 is 0 Å².